The summed E-state index contributed by atoms with van der Waals surface area (Å²) in [4.78, 5) is 0. The third kappa shape index (κ3) is 1.40. The number of nitrogens with zero attached hydrogens (tertiary/aromatic N) is 1. The standard InChI is InChI=1S/C12H12FNO2/c1-16-10-6-8(15)5-9(13)11(10)12(7-14)3-2-4-12/h5-6,15H,2-4H2,1H3. The molecule has 0 heterocycles. The third-order valence-electron chi connectivity index (χ3n) is 3.16. The smallest absolute Gasteiger partial charge is 0.135 e. The summed E-state index contributed by atoms with van der Waals surface area (Å²) in [6.07, 6.45) is 2.19. The predicted molar refractivity (Wildman–Crippen MR) is 55.8 cm³/mol. The maximum absolute atomic E-state index is 13.8. The number of benzene rings is 1. The number of aromatic hydroxyl groups is 1. The lowest BCUT2D eigenvalue weighted by Gasteiger charge is -2.36. The highest BCUT2D eigenvalue weighted by atomic mass is 19.1. The molecule has 0 amide bonds. The lowest BCUT2D eigenvalue weighted by Crippen LogP contribution is -2.33. The fourth-order valence-electron chi connectivity index (χ4n) is 2.14. The normalized spacial score (nSPS) is 17.3. The van der Waals surface area contributed by atoms with E-state index in [0.717, 1.165) is 12.5 Å². The molecule has 0 unspecified atom stereocenters. The number of ether oxygens (including phenoxy) is 1. The fourth-order valence-corrected chi connectivity index (χ4v) is 2.14. The minimum absolute atomic E-state index is 0.189. The maximum Gasteiger partial charge on any atom is 0.135 e. The van der Waals surface area contributed by atoms with Crippen LogP contribution < -0.4 is 4.74 Å². The van der Waals surface area contributed by atoms with Crippen LogP contribution in [0.25, 0.3) is 0 Å². The Bertz CT molecular complexity index is 461. The van der Waals surface area contributed by atoms with Gasteiger partial charge in [-0.2, -0.15) is 5.26 Å². The first-order valence-electron chi connectivity index (χ1n) is 5.11. The Balaban J connectivity index is 2.60. The van der Waals surface area contributed by atoms with Crippen LogP contribution in [0.3, 0.4) is 0 Å². The molecule has 1 aromatic carbocycles. The van der Waals surface area contributed by atoms with Crippen LogP contribution in [0.1, 0.15) is 24.8 Å². The Labute approximate surface area is 93.1 Å². The Morgan fingerprint density at radius 2 is 2.19 bits per heavy atom. The van der Waals surface area contributed by atoms with Gasteiger partial charge in [-0.15, -0.1) is 0 Å². The average Bonchev–Trinajstić information content (AvgIpc) is 2.19. The van der Waals surface area contributed by atoms with E-state index in [4.69, 9.17) is 10.00 Å². The van der Waals surface area contributed by atoms with E-state index in [2.05, 4.69) is 6.07 Å². The van der Waals surface area contributed by atoms with E-state index in [1.807, 2.05) is 0 Å². The first-order chi connectivity index (χ1) is 7.63. The average molecular weight is 221 g/mol. The molecule has 0 radical (unpaired) electrons. The molecule has 0 aromatic heterocycles. The van der Waals surface area contributed by atoms with Crippen molar-refractivity contribution < 1.29 is 14.2 Å². The van der Waals surface area contributed by atoms with Crippen molar-refractivity contribution in [3.63, 3.8) is 0 Å². The van der Waals surface area contributed by atoms with Crippen molar-refractivity contribution >= 4 is 0 Å². The lowest BCUT2D eigenvalue weighted by atomic mass is 9.65. The molecule has 4 heteroatoms. The number of halogens is 1. The summed E-state index contributed by atoms with van der Waals surface area (Å²) < 4.78 is 18.8. The first-order valence-corrected chi connectivity index (χ1v) is 5.11. The fraction of sp³-hybridized carbons (Fsp3) is 0.417. The van der Waals surface area contributed by atoms with Crippen molar-refractivity contribution in [1.29, 1.82) is 5.26 Å². The van der Waals surface area contributed by atoms with Crippen molar-refractivity contribution in [2.75, 3.05) is 7.11 Å². The molecule has 0 spiro atoms. The van der Waals surface area contributed by atoms with E-state index in [0.29, 0.717) is 12.8 Å². The van der Waals surface area contributed by atoms with Gasteiger partial charge in [0.15, 0.2) is 0 Å². The van der Waals surface area contributed by atoms with Crippen LogP contribution in [-0.2, 0) is 5.41 Å². The van der Waals surface area contributed by atoms with Crippen molar-refractivity contribution in [3.05, 3.63) is 23.5 Å². The van der Waals surface area contributed by atoms with Crippen LogP contribution in [0.2, 0.25) is 0 Å². The van der Waals surface area contributed by atoms with E-state index >= 15 is 0 Å². The molecule has 1 aromatic rings. The van der Waals surface area contributed by atoms with Gasteiger partial charge in [0.25, 0.3) is 0 Å². The highest BCUT2D eigenvalue weighted by Crippen LogP contribution is 2.48. The van der Waals surface area contributed by atoms with Gasteiger partial charge in [-0.1, -0.05) is 0 Å². The van der Waals surface area contributed by atoms with Crippen molar-refractivity contribution in [2.45, 2.75) is 24.7 Å². The molecule has 1 N–H and O–H groups in total. The Morgan fingerprint density at radius 3 is 2.62 bits per heavy atom. The Morgan fingerprint density at radius 1 is 1.50 bits per heavy atom. The quantitative estimate of drug-likeness (QED) is 0.834. The molecule has 2 rings (SSSR count). The Hall–Kier alpha value is -1.76. The van der Waals surface area contributed by atoms with Crippen LogP contribution in [0.4, 0.5) is 4.39 Å². The zero-order valence-corrected chi connectivity index (χ0v) is 8.96. The highest BCUT2D eigenvalue weighted by molar-refractivity contribution is 5.49. The number of hydrogen-bond donors (Lipinski definition) is 1. The highest BCUT2D eigenvalue weighted by Gasteiger charge is 2.43. The lowest BCUT2D eigenvalue weighted by molar-refractivity contribution is 0.294. The maximum atomic E-state index is 13.8. The second kappa shape index (κ2) is 3.67. The number of hydrogen-bond acceptors (Lipinski definition) is 3. The van der Waals surface area contributed by atoms with Crippen LogP contribution in [0.15, 0.2) is 12.1 Å². The molecule has 1 fully saturated rings. The zero-order valence-electron chi connectivity index (χ0n) is 8.96. The molecule has 3 nitrogen and oxygen atoms in total. The van der Waals surface area contributed by atoms with Crippen LogP contribution in [0, 0.1) is 17.1 Å². The topological polar surface area (TPSA) is 53.2 Å². The van der Waals surface area contributed by atoms with Gasteiger partial charge in [-0.25, -0.2) is 4.39 Å². The van der Waals surface area contributed by atoms with Gasteiger partial charge in [0.2, 0.25) is 0 Å². The number of rotatable bonds is 2. The molecular weight excluding hydrogens is 209 g/mol. The Kier molecular flexibility index (Phi) is 2.47. The second-order valence-corrected chi connectivity index (χ2v) is 4.05. The van der Waals surface area contributed by atoms with Crippen molar-refractivity contribution in [1.82, 2.24) is 0 Å². The van der Waals surface area contributed by atoms with Gasteiger partial charge in [0.1, 0.15) is 17.3 Å². The number of nitriles is 1. The van der Waals surface area contributed by atoms with E-state index in [-0.39, 0.29) is 17.1 Å². The second-order valence-electron chi connectivity index (χ2n) is 4.05. The van der Waals surface area contributed by atoms with Crippen LogP contribution in [0.5, 0.6) is 11.5 Å². The first kappa shape index (κ1) is 10.7. The van der Waals surface area contributed by atoms with E-state index < -0.39 is 11.2 Å². The summed E-state index contributed by atoms with van der Waals surface area (Å²) >= 11 is 0. The largest absolute Gasteiger partial charge is 0.508 e. The molecule has 1 aliphatic rings. The summed E-state index contributed by atoms with van der Waals surface area (Å²) in [6.45, 7) is 0. The number of phenolic OH excluding ortho intramolecular Hbond substituents is 1. The third-order valence-corrected chi connectivity index (χ3v) is 3.16. The summed E-state index contributed by atoms with van der Waals surface area (Å²) in [5, 5.41) is 18.4. The van der Waals surface area contributed by atoms with Gasteiger partial charge in [-0.3, -0.25) is 0 Å². The molecule has 1 saturated carbocycles. The molecule has 0 bridgehead atoms. The number of methoxy groups -OCH3 is 1. The molecule has 0 aliphatic heterocycles. The molecule has 0 atom stereocenters. The van der Waals surface area contributed by atoms with Gasteiger partial charge in [-0.05, 0) is 19.3 Å². The van der Waals surface area contributed by atoms with Crippen molar-refractivity contribution in [2.24, 2.45) is 0 Å². The molecular formula is C12H12FNO2. The minimum atomic E-state index is -0.775. The van der Waals surface area contributed by atoms with Gasteiger partial charge < -0.3 is 9.84 Å². The van der Waals surface area contributed by atoms with Crippen LogP contribution >= 0.6 is 0 Å². The SMILES string of the molecule is COc1cc(O)cc(F)c1C1(C#N)CCC1. The summed E-state index contributed by atoms with van der Waals surface area (Å²) in [6, 6.07) is 4.53. The minimum Gasteiger partial charge on any atom is -0.508 e. The van der Waals surface area contributed by atoms with Gasteiger partial charge in [0, 0.05) is 12.1 Å². The molecule has 16 heavy (non-hydrogen) atoms. The van der Waals surface area contributed by atoms with Crippen molar-refractivity contribution in [3.8, 4) is 17.6 Å². The monoisotopic (exact) mass is 221 g/mol. The molecule has 84 valence electrons. The summed E-state index contributed by atoms with van der Waals surface area (Å²) in [5.74, 6) is -0.512. The zero-order chi connectivity index (χ0) is 11.8. The van der Waals surface area contributed by atoms with Crippen LogP contribution in [-0.4, -0.2) is 12.2 Å². The van der Waals surface area contributed by atoms with E-state index in [1.165, 1.54) is 13.2 Å². The molecule has 0 saturated heterocycles. The summed E-state index contributed by atoms with van der Waals surface area (Å²) in [5.41, 5.74) is -0.495. The predicted octanol–water partition coefficient (Wildman–Crippen LogP) is 2.49. The van der Waals surface area contributed by atoms with E-state index in [1.54, 1.807) is 0 Å². The van der Waals surface area contributed by atoms with Gasteiger partial charge >= 0.3 is 0 Å². The molecule has 1 aliphatic carbocycles. The summed E-state index contributed by atoms with van der Waals surface area (Å²) in [7, 11) is 1.40. The van der Waals surface area contributed by atoms with Gasteiger partial charge in [0.05, 0.1) is 24.2 Å². The number of phenols is 1. The van der Waals surface area contributed by atoms with E-state index in [9.17, 15) is 9.50 Å².